The highest BCUT2D eigenvalue weighted by molar-refractivity contribution is 5.91. The van der Waals surface area contributed by atoms with Gasteiger partial charge in [0, 0.05) is 26.2 Å². The second kappa shape index (κ2) is 9.65. The minimum atomic E-state index is -0.735. The molecule has 6 heteroatoms. The van der Waals surface area contributed by atoms with Crippen LogP contribution in [0, 0.1) is 5.82 Å². The number of halogens is 1. The van der Waals surface area contributed by atoms with Crippen LogP contribution in [0.25, 0.3) is 0 Å². The second-order valence-electron chi connectivity index (χ2n) is 7.49. The van der Waals surface area contributed by atoms with Gasteiger partial charge in [-0.15, -0.1) is 0 Å². The highest BCUT2D eigenvalue weighted by Crippen LogP contribution is 2.23. The summed E-state index contributed by atoms with van der Waals surface area (Å²) >= 11 is 0. The number of nitrogens with one attached hydrogen (secondary N) is 1. The molecule has 0 aliphatic carbocycles. The van der Waals surface area contributed by atoms with E-state index in [1.165, 1.54) is 12.1 Å². The fourth-order valence-corrected chi connectivity index (χ4v) is 3.65. The largest absolute Gasteiger partial charge is 0.340 e. The number of amides is 2. The summed E-state index contributed by atoms with van der Waals surface area (Å²) in [5.74, 6) is -1.10. The van der Waals surface area contributed by atoms with Crippen LogP contribution in [0.1, 0.15) is 36.4 Å². The van der Waals surface area contributed by atoms with E-state index in [2.05, 4.69) is 10.2 Å². The Kier molecular flexibility index (Phi) is 6.99. The van der Waals surface area contributed by atoms with Crippen molar-refractivity contribution in [1.29, 1.82) is 0 Å². The van der Waals surface area contributed by atoms with E-state index in [4.69, 9.17) is 0 Å². The number of carbonyl (C=O) groups excluding carboxylic acids is 2. The van der Waals surface area contributed by atoms with E-state index in [0.717, 1.165) is 24.2 Å². The number of benzene rings is 2. The lowest BCUT2D eigenvalue weighted by molar-refractivity contribution is -0.138. The quantitative estimate of drug-likeness (QED) is 0.815. The van der Waals surface area contributed by atoms with Gasteiger partial charge in [-0.1, -0.05) is 49.4 Å². The Bertz CT molecular complexity index is 818. The van der Waals surface area contributed by atoms with Gasteiger partial charge in [-0.2, -0.15) is 0 Å². The molecule has 0 spiro atoms. The summed E-state index contributed by atoms with van der Waals surface area (Å²) < 4.78 is 13.3. The Morgan fingerprint density at radius 1 is 0.966 bits per heavy atom. The van der Waals surface area contributed by atoms with E-state index in [-0.39, 0.29) is 17.6 Å². The van der Waals surface area contributed by atoms with Crippen LogP contribution in [0.15, 0.2) is 54.6 Å². The highest BCUT2D eigenvalue weighted by Gasteiger charge is 2.31. The molecule has 3 rings (SSSR count). The molecule has 1 heterocycles. The number of carbonyl (C=O) groups is 2. The Morgan fingerprint density at radius 2 is 1.59 bits per heavy atom. The number of likely N-dealkylation sites (N-methyl/N-ethyl adjacent to an activating group) is 1. The topological polar surface area (TPSA) is 52.7 Å². The molecule has 1 saturated heterocycles. The highest BCUT2D eigenvalue weighted by atomic mass is 19.1. The molecule has 2 aromatic rings. The third-order valence-corrected chi connectivity index (χ3v) is 5.48. The van der Waals surface area contributed by atoms with Gasteiger partial charge in [0.2, 0.25) is 11.8 Å². The van der Waals surface area contributed by atoms with Crippen molar-refractivity contribution in [3.63, 3.8) is 0 Å². The van der Waals surface area contributed by atoms with Gasteiger partial charge in [0.1, 0.15) is 11.9 Å². The molecule has 0 bridgehead atoms. The summed E-state index contributed by atoms with van der Waals surface area (Å²) in [7, 11) is 2.03. The molecule has 1 aliphatic rings. The molecule has 0 radical (unpaired) electrons. The van der Waals surface area contributed by atoms with Crippen molar-refractivity contribution in [2.75, 3.05) is 33.2 Å². The summed E-state index contributed by atoms with van der Waals surface area (Å²) in [5.41, 5.74) is 1.50. The fourth-order valence-electron chi connectivity index (χ4n) is 3.65. The third kappa shape index (κ3) is 5.21. The molecule has 0 aromatic heterocycles. The predicted octanol–water partition coefficient (Wildman–Crippen LogP) is 2.95. The Morgan fingerprint density at radius 3 is 2.17 bits per heavy atom. The monoisotopic (exact) mass is 397 g/mol. The average molecular weight is 397 g/mol. The first-order valence-corrected chi connectivity index (χ1v) is 10.1. The fraction of sp³-hybridized carbons (Fsp3) is 0.391. The van der Waals surface area contributed by atoms with Crippen molar-refractivity contribution < 1.29 is 14.0 Å². The van der Waals surface area contributed by atoms with Crippen molar-refractivity contribution in [3.05, 3.63) is 71.5 Å². The number of hydrogen-bond acceptors (Lipinski definition) is 3. The van der Waals surface area contributed by atoms with Gasteiger partial charge in [-0.3, -0.25) is 9.59 Å². The third-order valence-electron chi connectivity index (χ3n) is 5.48. The van der Waals surface area contributed by atoms with Crippen LogP contribution in [0.3, 0.4) is 0 Å². The SMILES string of the molecule is CCC(C(=O)N[C@H](C(=O)N1CCN(C)CC1)c1ccccc1)c1ccc(F)cc1. The zero-order valence-corrected chi connectivity index (χ0v) is 17.0. The molecule has 2 amide bonds. The Balaban J connectivity index is 1.81. The van der Waals surface area contributed by atoms with Crippen molar-refractivity contribution in [2.24, 2.45) is 0 Å². The minimum absolute atomic E-state index is 0.0911. The van der Waals surface area contributed by atoms with E-state index in [0.29, 0.717) is 19.5 Å². The number of nitrogens with zero attached hydrogens (tertiary/aromatic N) is 2. The van der Waals surface area contributed by atoms with E-state index in [1.54, 1.807) is 12.1 Å². The van der Waals surface area contributed by atoms with E-state index in [9.17, 15) is 14.0 Å². The molecule has 1 N–H and O–H groups in total. The van der Waals surface area contributed by atoms with Crippen LogP contribution in [0.2, 0.25) is 0 Å². The van der Waals surface area contributed by atoms with Crippen molar-refractivity contribution in [1.82, 2.24) is 15.1 Å². The average Bonchev–Trinajstić information content (AvgIpc) is 2.74. The number of piperazine rings is 1. The summed E-state index contributed by atoms with van der Waals surface area (Å²) in [6, 6.07) is 14.6. The summed E-state index contributed by atoms with van der Waals surface area (Å²) in [5, 5.41) is 2.97. The van der Waals surface area contributed by atoms with Gasteiger partial charge in [0.05, 0.1) is 5.92 Å². The number of rotatable bonds is 6. The van der Waals surface area contributed by atoms with Gasteiger partial charge >= 0.3 is 0 Å². The lowest BCUT2D eigenvalue weighted by Crippen LogP contribution is -2.51. The summed E-state index contributed by atoms with van der Waals surface area (Å²) in [6.45, 7) is 4.82. The first-order valence-electron chi connectivity index (χ1n) is 10.1. The summed E-state index contributed by atoms with van der Waals surface area (Å²) in [4.78, 5) is 30.4. The first kappa shape index (κ1) is 21.0. The molecule has 2 atom stereocenters. The van der Waals surface area contributed by atoms with Crippen LogP contribution in [-0.4, -0.2) is 54.8 Å². The minimum Gasteiger partial charge on any atom is -0.340 e. The lowest BCUT2D eigenvalue weighted by atomic mass is 9.94. The normalized spacial score (nSPS) is 16.9. The maximum atomic E-state index is 13.3. The van der Waals surface area contributed by atoms with Crippen LogP contribution >= 0.6 is 0 Å². The molecule has 2 aromatic carbocycles. The van der Waals surface area contributed by atoms with Gasteiger partial charge < -0.3 is 15.1 Å². The van der Waals surface area contributed by atoms with Crippen molar-refractivity contribution in [3.8, 4) is 0 Å². The maximum absolute atomic E-state index is 13.3. The van der Waals surface area contributed by atoms with Gasteiger partial charge in [0.25, 0.3) is 0 Å². The molecular formula is C23H28FN3O2. The van der Waals surface area contributed by atoms with Gasteiger partial charge in [-0.25, -0.2) is 4.39 Å². The molecule has 5 nitrogen and oxygen atoms in total. The zero-order valence-electron chi connectivity index (χ0n) is 17.0. The smallest absolute Gasteiger partial charge is 0.249 e. The molecule has 1 aliphatic heterocycles. The van der Waals surface area contributed by atoms with Crippen LogP contribution in [-0.2, 0) is 9.59 Å². The summed E-state index contributed by atoms with van der Waals surface area (Å²) in [6.07, 6.45) is 0.557. The maximum Gasteiger partial charge on any atom is 0.249 e. The number of hydrogen-bond donors (Lipinski definition) is 1. The van der Waals surface area contributed by atoms with Gasteiger partial charge in [-0.05, 0) is 36.7 Å². The molecule has 1 unspecified atom stereocenters. The van der Waals surface area contributed by atoms with Crippen LogP contribution in [0.5, 0.6) is 0 Å². The standard InChI is InChI=1S/C23H28FN3O2/c1-3-20(17-9-11-19(24)12-10-17)22(28)25-21(18-7-5-4-6-8-18)23(29)27-15-13-26(2)14-16-27/h4-12,20-21H,3,13-16H2,1-2H3,(H,25,28)/t20?,21-/m0/s1. The van der Waals surface area contributed by atoms with E-state index < -0.39 is 12.0 Å². The van der Waals surface area contributed by atoms with Crippen molar-refractivity contribution in [2.45, 2.75) is 25.3 Å². The van der Waals surface area contributed by atoms with Crippen LogP contribution < -0.4 is 5.32 Å². The Hall–Kier alpha value is -2.73. The molecule has 0 saturated carbocycles. The first-order chi connectivity index (χ1) is 14.0. The van der Waals surface area contributed by atoms with E-state index in [1.807, 2.05) is 49.2 Å². The van der Waals surface area contributed by atoms with Crippen molar-refractivity contribution >= 4 is 11.8 Å². The molecule has 1 fully saturated rings. The Labute approximate surface area is 171 Å². The van der Waals surface area contributed by atoms with E-state index >= 15 is 0 Å². The second-order valence-corrected chi connectivity index (χ2v) is 7.49. The molecule has 154 valence electrons. The lowest BCUT2D eigenvalue weighted by Gasteiger charge is -2.35. The molecular weight excluding hydrogens is 369 g/mol. The van der Waals surface area contributed by atoms with Crippen LogP contribution in [0.4, 0.5) is 4.39 Å². The zero-order chi connectivity index (χ0) is 20.8. The molecule has 29 heavy (non-hydrogen) atoms. The van der Waals surface area contributed by atoms with Gasteiger partial charge in [0.15, 0.2) is 0 Å². The predicted molar refractivity (Wildman–Crippen MR) is 111 cm³/mol.